The second kappa shape index (κ2) is 7.53. The highest BCUT2D eigenvalue weighted by Crippen LogP contribution is 2.23. The molecule has 0 aliphatic carbocycles. The summed E-state index contributed by atoms with van der Waals surface area (Å²) in [5.41, 5.74) is 3.37. The Hall–Kier alpha value is -1.22. The summed E-state index contributed by atoms with van der Waals surface area (Å²) < 4.78 is 0. The first-order chi connectivity index (χ1) is 9.69. The van der Waals surface area contributed by atoms with Gasteiger partial charge in [0, 0.05) is 18.8 Å². The van der Waals surface area contributed by atoms with Gasteiger partial charge >= 0.3 is 0 Å². The van der Waals surface area contributed by atoms with Crippen molar-refractivity contribution in [2.24, 2.45) is 0 Å². The smallest absolute Gasteiger partial charge is 0.0595 e. The van der Waals surface area contributed by atoms with Crippen LogP contribution in [-0.4, -0.2) is 11.7 Å². The molecular formula is C16H17Cl2NO. The van der Waals surface area contributed by atoms with Crippen LogP contribution in [-0.2, 0) is 13.0 Å². The molecule has 0 heterocycles. The van der Waals surface area contributed by atoms with Gasteiger partial charge in [-0.25, -0.2) is 0 Å². The second-order valence-electron chi connectivity index (χ2n) is 4.63. The second-order valence-corrected chi connectivity index (χ2v) is 5.44. The molecule has 2 rings (SSSR count). The molecule has 0 aliphatic rings. The van der Waals surface area contributed by atoms with Crippen molar-refractivity contribution in [3.05, 3.63) is 63.6 Å². The number of hydrogen-bond acceptors (Lipinski definition) is 2. The van der Waals surface area contributed by atoms with E-state index in [4.69, 9.17) is 28.3 Å². The largest absolute Gasteiger partial charge is 0.396 e. The first-order valence-corrected chi connectivity index (χ1v) is 7.32. The molecule has 2 aromatic carbocycles. The van der Waals surface area contributed by atoms with E-state index in [0.717, 1.165) is 24.1 Å². The van der Waals surface area contributed by atoms with E-state index in [1.807, 2.05) is 24.3 Å². The third-order valence-electron chi connectivity index (χ3n) is 3.03. The van der Waals surface area contributed by atoms with Gasteiger partial charge in [-0.2, -0.15) is 0 Å². The highest BCUT2D eigenvalue weighted by molar-refractivity contribution is 6.42. The van der Waals surface area contributed by atoms with Gasteiger partial charge in [-0.3, -0.25) is 0 Å². The lowest BCUT2D eigenvalue weighted by atomic mass is 10.1. The van der Waals surface area contributed by atoms with Gasteiger partial charge in [0.2, 0.25) is 0 Å². The van der Waals surface area contributed by atoms with Gasteiger partial charge in [0.05, 0.1) is 10.0 Å². The van der Waals surface area contributed by atoms with Crippen LogP contribution in [0.4, 0.5) is 5.69 Å². The molecule has 2 N–H and O–H groups in total. The molecule has 0 bridgehead atoms. The zero-order chi connectivity index (χ0) is 14.4. The van der Waals surface area contributed by atoms with Gasteiger partial charge in [-0.05, 0) is 48.2 Å². The first-order valence-electron chi connectivity index (χ1n) is 6.56. The third-order valence-corrected chi connectivity index (χ3v) is 3.77. The van der Waals surface area contributed by atoms with Gasteiger partial charge in [-0.15, -0.1) is 0 Å². The van der Waals surface area contributed by atoms with E-state index >= 15 is 0 Å². The zero-order valence-electron chi connectivity index (χ0n) is 11.1. The summed E-state index contributed by atoms with van der Waals surface area (Å²) in [4.78, 5) is 0. The van der Waals surface area contributed by atoms with Gasteiger partial charge < -0.3 is 10.4 Å². The maximum atomic E-state index is 8.86. The lowest BCUT2D eigenvalue weighted by molar-refractivity contribution is 0.288. The molecule has 106 valence electrons. The van der Waals surface area contributed by atoms with E-state index in [1.165, 1.54) is 5.56 Å². The molecule has 2 aromatic rings. The number of rotatable bonds is 6. The average molecular weight is 310 g/mol. The fraction of sp³-hybridized carbons (Fsp3) is 0.250. The van der Waals surface area contributed by atoms with Crippen LogP contribution in [0.1, 0.15) is 17.5 Å². The van der Waals surface area contributed by atoms with Crippen LogP contribution < -0.4 is 5.32 Å². The van der Waals surface area contributed by atoms with E-state index in [1.54, 1.807) is 6.07 Å². The zero-order valence-corrected chi connectivity index (χ0v) is 12.6. The van der Waals surface area contributed by atoms with Gasteiger partial charge in [0.15, 0.2) is 0 Å². The normalized spacial score (nSPS) is 10.6. The Bertz CT molecular complexity index is 572. The van der Waals surface area contributed by atoms with Crippen molar-refractivity contribution in [2.75, 3.05) is 11.9 Å². The molecule has 2 nitrogen and oxygen atoms in total. The number of aliphatic hydroxyl groups excluding tert-OH is 1. The predicted molar refractivity (Wildman–Crippen MR) is 85.6 cm³/mol. The first kappa shape index (κ1) is 15.2. The average Bonchev–Trinajstić information content (AvgIpc) is 2.47. The third kappa shape index (κ3) is 4.41. The van der Waals surface area contributed by atoms with Gasteiger partial charge in [0.1, 0.15) is 0 Å². The number of aryl methyl sites for hydroxylation is 1. The number of nitrogens with one attached hydrogen (secondary N) is 1. The summed E-state index contributed by atoms with van der Waals surface area (Å²) in [7, 11) is 0. The van der Waals surface area contributed by atoms with Crippen LogP contribution in [0.25, 0.3) is 0 Å². The summed E-state index contributed by atoms with van der Waals surface area (Å²) in [6, 6.07) is 13.8. The maximum absolute atomic E-state index is 8.86. The minimum atomic E-state index is 0.223. The minimum absolute atomic E-state index is 0.223. The van der Waals surface area contributed by atoms with E-state index in [9.17, 15) is 0 Å². The summed E-state index contributed by atoms with van der Waals surface area (Å²) in [6.07, 6.45) is 1.68. The molecule has 0 aliphatic heterocycles. The van der Waals surface area contributed by atoms with Crippen molar-refractivity contribution in [1.82, 2.24) is 0 Å². The van der Waals surface area contributed by atoms with E-state index in [-0.39, 0.29) is 6.61 Å². The van der Waals surface area contributed by atoms with Crippen LogP contribution >= 0.6 is 23.2 Å². The Morgan fingerprint density at radius 2 is 1.80 bits per heavy atom. The van der Waals surface area contributed by atoms with Crippen molar-refractivity contribution >= 4 is 28.9 Å². The summed E-state index contributed by atoms with van der Waals surface area (Å²) in [5, 5.41) is 13.4. The molecule has 0 fully saturated rings. The molecule has 0 radical (unpaired) electrons. The SMILES string of the molecule is OCCCc1cccc(NCc2ccc(Cl)c(Cl)c2)c1. The molecule has 0 unspecified atom stereocenters. The van der Waals surface area contributed by atoms with E-state index in [2.05, 4.69) is 17.4 Å². The lowest BCUT2D eigenvalue weighted by Gasteiger charge is -2.09. The molecule has 0 atom stereocenters. The number of aliphatic hydroxyl groups is 1. The standard InChI is InChI=1S/C16H17Cl2NO/c17-15-7-6-13(10-16(15)18)11-19-14-5-1-3-12(9-14)4-2-8-20/h1,3,5-7,9-10,19-20H,2,4,8,11H2. The summed E-state index contributed by atoms with van der Waals surface area (Å²) >= 11 is 11.9. The molecule has 0 spiro atoms. The Morgan fingerprint density at radius 3 is 2.55 bits per heavy atom. The fourth-order valence-electron chi connectivity index (χ4n) is 1.97. The molecular weight excluding hydrogens is 293 g/mol. The van der Waals surface area contributed by atoms with Crippen molar-refractivity contribution in [1.29, 1.82) is 0 Å². The number of anilines is 1. The quantitative estimate of drug-likeness (QED) is 0.821. The summed E-state index contributed by atoms with van der Waals surface area (Å²) in [5.74, 6) is 0. The van der Waals surface area contributed by atoms with Crippen molar-refractivity contribution in [2.45, 2.75) is 19.4 Å². The molecule has 0 amide bonds. The maximum Gasteiger partial charge on any atom is 0.0595 e. The lowest BCUT2D eigenvalue weighted by Crippen LogP contribution is -2.00. The van der Waals surface area contributed by atoms with Crippen LogP contribution in [0.2, 0.25) is 10.0 Å². The van der Waals surface area contributed by atoms with Crippen molar-refractivity contribution < 1.29 is 5.11 Å². The number of benzene rings is 2. The Kier molecular flexibility index (Phi) is 5.72. The van der Waals surface area contributed by atoms with Crippen LogP contribution in [0, 0.1) is 0 Å². The number of hydrogen-bond donors (Lipinski definition) is 2. The van der Waals surface area contributed by atoms with Crippen molar-refractivity contribution in [3.8, 4) is 0 Å². The monoisotopic (exact) mass is 309 g/mol. The summed E-state index contributed by atoms with van der Waals surface area (Å²) in [6.45, 7) is 0.918. The fourth-order valence-corrected chi connectivity index (χ4v) is 2.29. The molecule has 0 saturated carbocycles. The predicted octanol–water partition coefficient (Wildman–Crippen LogP) is 4.53. The molecule has 0 saturated heterocycles. The molecule has 0 aromatic heterocycles. The van der Waals surface area contributed by atoms with Gasteiger partial charge in [0.25, 0.3) is 0 Å². The van der Waals surface area contributed by atoms with Crippen LogP contribution in [0.15, 0.2) is 42.5 Å². The highest BCUT2D eigenvalue weighted by atomic mass is 35.5. The van der Waals surface area contributed by atoms with E-state index in [0.29, 0.717) is 16.6 Å². The van der Waals surface area contributed by atoms with Gasteiger partial charge in [-0.1, -0.05) is 41.4 Å². The highest BCUT2D eigenvalue weighted by Gasteiger charge is 2.00. The Balaban J connectivity index is 1.97. The van der Waals surface area contributed by atoms with Crippen LogP contribution in [0.5, 0.6) is 0 Å². The topological polar surface area (TPSA) is 32.3 Å². The van der Waals surface area contributed by atoms with E-state index < -0.39 is 0 Å². The Morgan fingerprint density at radius 1 is 0.950 bits per heavy atom. The number of halogens is 2. The Labute approximate surface area is 129 Å². The molecule has 4 heteroatoms. The van der Waals surface area contributed by atoms with Crippen molar-refractivity contribution in [3.63, 3.8) is 0 Å². The van der Waals surface area contributed by atoms with Crippen LogP contribution in [0.3, 0.4) is 0 Å². The molecule has 20 heavy (non-hydrogen) atoms. The minimum Gasteiger partial charge on any atom is -0.396 e.